The first-order valence-electron chi connectivity index (χ1n) is 13.1. The molecule has 1 unspecified atom stereocenters. The quantitative estimate of drug-likeness (QED) is 0.201. The largest absolute Gasteiger partial charge is 0.495 e. The summed E-state index contributed by atoms with van der Waals surface area (Å²) < 4.78 is 16.3. The minimum atomic E-state index is -0.786. The van der Waals surface area contributed by atoms with Crippen LogP contribution in [0, 0.1) is 11.8 Å². The number of fused-ring (bicyclic) bond motifs is 3. The number of aromatic nitrogens is 2. The Kier molecular flexibility index (Phi) is 8.21. The summed E-state index contributed by atoms with van der Waals surface area (Å²) in [5.74, 6) is 1.91. The highest BCUT2D eigenvalue weighted by Gasteiger charge is 2.47. The van der Waals surface area contributed by atoms with Crippen molar-refractivity contribution < 1.29 is 19.0 Å². The molecule has 1 aromatic carbocycles. The van der Waals surface area contributed by atoms with E-state index in [4.69, 9.17) is 31.5 Å². The number of ether oxygens (including phenoxy) is 3. The van der Waals surface area contributed by atoms with Gasteiger partial charge in [0.25, 0.3) is 0 Å². The van der Waals surface area contributed by atoms with E-state index in [0.717, 1.165) is 50.1 Å². The predicted molar refractivity (Wildman–Crippen MR) is 146 cm³/mol. The fraction of sp³-hybridized carbons (Fsp3) is 0.519. The first-order valence-corrected chi connectivity index (χ1v) is 13.5. The van der Waals surface area contributed by atoms with Gasteiger partial charge < -0.3 is 35.9 Å². The minimum Gasteiger partial charge on any atom is -0.495 e. The smallest absolute Gasteiger partial charge is 0.404 e. The Morgan fingerprint density at radius 1 is 1.16 bits per heavy atom. The zero-order valence-corrected chi connectivity index (χ0v) is 22.5. The Hall–Kier alpha value is -3.08. The molecule has 38 heavy (non-hydrogen) atoms. The van der Waals surface area contributed by atoms with Gasteiger partial charge in [-0.2, -0.15) is 4.98 Å². The van der Waals surface area contributed by atoms with Gasteiger partial charge in [-0.05, 0) is 55.4 Å². The number of halogens is 1. The number of carbonyl (C=O) groups excluding carboxylic acids is 1. The van der Waals surface area contributed by atoms with E-state index < -0.39 is 6.09 Å². The number of nitrogens with two attached hydrogens (primary N) is 1. The van der Waals surface area contributed by atoms with Gasteiger partial charge in [-0.1, -0.05) is 23.8 Å². The summed E-state index contributed by atoms with van der Waals surface area (Å²) in [4.78, 5) is 20.5. The van der Waals surface area contributed by atoms with Crippen LogP contribution in [0.3, 0.4) is 0 Å². The molecule has 204 valence electrons. The number of amides is 1. The highest BCUT2D eigenvalue weighted by atomic mass is 35.5. The summed E-state index contributed by atoms with van der Waals surface area (Å²) in [6, 6.07) is 4.52. The third-order valence-corrected chi connectivity index (χ3v) is 8.00. The normalized spacial score (nSPS) is 25.5. The van der Waals surface area contributed by atoms with Crippen molar-refractivity contribution in [1.82, 2.24) is 15.3 Å². The van der Waals surface area contributed by atoms with Crippen LogP contribution in [0.25, 0.3) is 0 Å². The van der Waals surface area contributed by atoms with Crippen molar-refractivity contribution in [3.05, 3.63) is 46.6 Å². The lowest BCUT2D eigenvalue weighted by Crippen LogP contribution is -2.41. The van der Waals surface area contributed by atoms with Gasteiger partial charge in [0.2, 0.25) is 5.95 Å². The van der Waals surface area contributed by atoms with Crippen LogP contribution in [-0.2, 0) is 22.3 Å². The minimum absolute atomic E-state index is 0.127. The number of hydrogen-bond acceptors (Lipinski definition) is 9. The van der Waals surface area contributed by atoms with E-state index in [1.165, 1.54) is 11.1 Å². The van der Waals surface area contributed by atoms with Crippen LogP contribution < -0.4 is 26.4 Å². The van der Waals surface area contributed by atoms with Crippen molar-refractivity contribution >= 4 is 35.1 Å². The molecule has 0 radical (unpaired) electrons. The van der Waals surface area contributed by atoms with Crippen LogP contribution in [0.4, 0.5) is 22.2 Å². The van der Waals surface area contributed by atoms with Crippen molar-refractivity contribution in [2.75, 3.05) is 38.0 Å². The first-order chi connectivity index (χ1) is 18.4. The lowest BCUT2D eigenvalue weighted by molar-refractivity contribution is 0.0853. The predicted octanol–water partition coefficient (Wildman–Crippen LogP) is 3.82. The van der Waals surface area contributed by atoms with Gasteiger partial charge in [0.1, 0.15) is 16.9 Å². The molecule has 5 rings (SSSR count). The number of nitrogens with zero attached hydrogens (tertiary/aromatic N) is 2. The highest BCUT2D eigenvalue weighted by molar-refractivity contribution is 6.32. The van der Waals surface area contributed by atoms with Gasteiger partial charge in [-0.15, -0.1) is 0 Å². The lowest BCUT2D eigenvalue weighted by atomic mass is 9.98. The summed E-state index contributed by atoms with van der Waals surface area (Å²) in [7, 11) is 3.38. The standard InChI is InChI=1S/C27H35ClN6O4/c1-36-10-9-30-19-7-5-15-12-21(22(37-2)13-16(15)6-8-19)32-27-31-14-20(28)25(34-27)33-23-17-3-4-18(11-17)24(23)38-26(29)35/h3-4,12-14,17-19,23-24,30H,5-11H2,1-2H3,(H2,29,35)(H2,31,32,33,34)/t17-,18+,19?,23+,24-/m0/s1. The Bertz CT molecular complexity index is 1190. The average Bonchev–Trinajstić information content (AvgIpc) is 3.44. The van der Waals surface area contributed by atoms with Gasteiger partial charge in [-0.25, -0.2) is 9.78 Å². The number of anilines is 3. The van der Waals surface area contributed by atoms with E-state index in [2.05, 4.69) is 50.2 Å². The number of nitrogens with one attached hydrogen (secondary N) is 3. The highest BCUT2D eigenvalue weighted by Crippen LogP contribution is 2.43. The van der Waals surface area contributed by atoms with Gasteiger partial charge >= 0.3 is 6.09 Å². The summed E-state index contributed by atoms with van der Waals surface area (Å²) in [6.07, 6.45) is 9.57. The monoisotopic (exact) mass is 542 g/mol. The van der Waals surface area contributed by atoms with E-state index in [-0.39, 0.29) is 24.0 Å². The molecule has 10 nitrogen and oxygen atoms in total. The zero-order valence-electron chi connectivity index (χ0n) is 21.7. The van der Waals surface area contributed by atoms with Crippen LogP contribution in [0.15, 0.2) is 30.5 Å². The Morgan fingerprint density at radius 2 is 1.92 bits per heavy atom. The van der Waals surface area contributed by atoms with Gasteiger partial charge in [0, 0.05) is 31.5 Å². The fourth-order valence-corrected chi connectivity index (χ4v) is 5.99. The summed E-state index contributed by atoms with van der Waals surface area (Å²) in [6.45, 7) is 1.56. The summed E-state index contributed by atoms with van der Waals surface area (Å²) >= 11 is 6.46. The van der Waals surface area contributed by atoms with Crippen molar-refractivity contribution in [1.29, 1.82) is 0 Å². The van der Waals surface area contributed by atoms with Crippen LogP contribution in [0.1, 0.15) is 30.4 Å². The second kappa shape index (κ2) is 11.8. The third kappa shape index (κ3) is 5.82. The Morgan fingerprint density at radius 3 is 2.66 bits per heavy atom. The average molecular weight is 543 g/mol. The van der Waals surface area contributed by atoms with Crippen molar-refractivity contribution in [2.45, 2.75) is 50.3 Å². The number of hydrogen-bond donors (Lipinski definition) is 4. The van der Waals surface area contributed by atoms with E-state index in [1.807, 2.05) is 0 Å². The maximum atomic E-state index is 11.5. The summed E-state index contributed by atoms with van der Waals surface area (Å²) in [5.41, 5.74) is 8.71. The van der Waals surface area contributed by atoms with Crippen LogP contribution in [0.5, 0.6) is 5.75 Å². The van der Waals surface area contributed by atoms with Crippen molar-refractivity contribution in [3.8, 4) is 5.75 Å². The molecule has 1 heterocycles. The zero-order chi connectivity index (χ0) is 26.6. The number of carbonyl (C=O) groups is 1. The van der Waals surface area contributed by atoms with Gasteiger partial charge in [-0.3, -0.25) is 0 Å². The molecular weight excluding hydrogens is 508 g/mol. The van der Waals surface area contributed by atoms with Gasteiger partial charge in [0.05, 0.1) is 31.6 Å². The molecule has 2 aromatic rings. The Balaban J connectivity index is 1.32. The SMILES string of the molecule is COCCNC1CCc2cc(Nc3ncc(Cl)c(N[C@H]4[C@@H](OC(N)=O)[C@@H]5C=C[C@H]4C5)n3)c(OC)cc2CC1. The van der Waals surface area contributed by atoms with Crippen molar-refractivity contribution in [3.63, 3.8) is 0 Å². The maximum absolute atomic E-state index is 11.5. The molecule has 11 heteroatoms. The molecule has 0 spiro atoms. The number of methoxy groups -OCH3 is 2. The molecule has 0 saturated heterocycles. The molecule has 5 atom stereocenters. The molecule has 1 fully saturated rings. The Labute approximate surface area is 227 Å². The van der Waals surface area contributed by atoms with Gasteiger partial charge in [0.15, 0.2) is 5.82 Å². The second-order valence-electron chi connectivity index (χ2n) is 10.1. The fourth-order valence-electron chi connectivity index (χ4n) is 5.84. The molecule has 0 aliphatic heterocycles. The van der Waals surface area contributed by atoms with Crippen molar-refractivity contribution in [2.24, 2.45) is 17.6 Å². The van der Waals surface area contributed by atoms with E-state index in [1.54, 1.807) is 20.4 Å². The third-order valence-electron chi connectivity index (χ3n) is 7.72. The molecule has 5 N–H and O–H groups in total. The topological polar surface area (TPSA) is 133 Å². The van der Waals surface area contributed by atoms with Crippen LogP contribution in [-0.4, -0.2) is 61.6 Å². The molecule has 1 aromatic heterocycles. The molecule has 1 saturated carbocycles. The molecule has 3 aliphatic carbocycles. The van der Waals surface area contributed by atoms with E-state index >= 15 is 0 Å². The molecular formula is C27H35ClN6O4. The molecule has 2 bridgehead atoms. The number of rotatable bonds is 10. The van der Waals surface area contributed by atoms with Crippen LogP contribution >= 0.6 is 11.6 Å². The van der Waals surface area contributed by atoms with E-state index in [9.17, 15) is 4.79 Å². The maximum Gasteiger partial charge on any atom is 0.404 e. The second-order valence-corrected chi connectivity index (χ2v) is 10.5. The number of aryl methyl sites for hydroxylation is 2. The molecule has 1 amide bonds. The van der Waals surface area contributed by atoms with Crippen LogP contribution in [0.2, 0.25) is 5.02 Å². The molecule has 3 aliphatic rings. The van der Waals surface area contributed by atoms with E-state index in [0.29, 0.717) is 29.4 Å². The summed E-state index contributed by atoms with van der Waals surface area (Å²) in [5, 5.41) is 10.7. The first kappa shape index (κ1) is 26.5. The number of benzene rings is 1. The number of primary amides is 1. The lowest BCUT2D eigenvalue weighted by Gasteiger charge is -2.28.